The minimum absolute atomic E-state index is 0.0129. The van der Waals surface area contributed by atoms with Gasteiger partial charge in [0.15, 0.2) is 11.5 Å². The fourth-order valence-electron chi connectivity index (χ4n) is 2.16. The maximum absolute atomic E-state index is 13.0. The Morgan fingerprint density at radius 2 is 2.00 bits per heavy atom. The number of phenolic OH excluding ortho intramolecular Hbond substituents is 1. The van der Waals surface area contributed by atoms with Crippen molar-refractivity contribution < 1.29 is 27.4 Å². The molecule has 0 saturated carbocycles. The van der Waals surface area contributed by atoms with E-state index in [0.29, 0.717) is 23.1 Å². The quantitative estimate of drug-likeness (QED) is 0.594. The van der Waals surface area contributed by atoms with Crippen molar-refractivity contribution in [3.63, 3.8) is 0 Å². The second-order valence-corrected chi connectivity index (χ2v) is 5.15. The fourth-order valence-corrected chi connectivity index (χ4v) is 2.16. The van der Waals surface area contributed by atoms with Crippen LogP contribution >= 0.6 is 0 Å². The van der Waals surface area contributed by atoms with Crippen LogP contribution in [0, 0.1) is 0 Å². The Bertz CT molecular complexity index is 889. The number of nitrogens with zero attached hydrogens (tertiary/aromatic N) is 2. The van der Waals surface area contributed by atoms with Crippen LogP contribution < -0.4 is 10.1 Å². The smallest absolute Gasteiger partial charge is 0.416 e. The number of alkyl halides is 3. The van der Waals surface area contributed by atoms with Gasteiger partial charge < -0.3 is 15.2 Å². The van der Waals surface area contributed by atoms with Crippen LogP contribution in [0.4, 0.5) is 23.4 Å². The molecule has 0 aliphatic carbocycles. The van der Waals surface area contributed by atoms with E-state index in [1.807, 2.05) is 0 Å². The summed E-state index contributed by atoms with van der Waals surface area (Å²) in [5.41, 5.74) is -0.543. The number of aromatic hydroxyl groups is 1. The number of aromatic nitrogens is 2. The van der Waals surface area contributed by atoms with Crippen LogP contribution in [0.5, 0.6) is 11.5 Å². The Hall–Kier alpha value is -3.10. The van der Waals surface area contributed by atoms with E-state index >= 15 is 0 Å². The number of allylic oxidation sites excluding steroid dienone is 5. The molecule has 9 heteroatoms. The van der Waals surface area contributed by atoms with E-state index in [1.165, 1.54) is 32.5 Å². The van der Waals surface area contributed by atoms with E-state index in [-0.39, 0.29) is 29.3 Å². The van der Waals surface area contributed by atoms with Gasteiger partial charge in [0.05, 0.1) is 24.5 Å². The normalized spacial score (nSPS) is 13.5. The molecular formula is C17H15F4N3O2. The highest BCUT2D eigenvalue weighted by atomic mass is 19.4. The standard InChI is InChI=1S/C17H15F4N3O2/c1-10(6-11(4-3-5-18)17(19,20)21)24-16-12-7-15(26-2)14(25)8-13(12)22-9-23-16/h3-9,25H,1-2H3,(H,22,23,24)/b5-3+,10-6+,11-4+. The number of methoxy groups -OCH3 is 1. The van der Waals surface area contributed by atoms with Crippen LogP contribution in [0.15, 0.2) is 54.3 Å². The van der Waals surface area contributed by atoms with Crippen molar-refractivity contribution in [2.24, 2.45) is 0 Å². The van der Waals surface area contributed by atoms with E-state index in [2.05, 4.69) is 15.3 Å². The summed E-state index contributed by atoms with van der Waals surface area (Å²) in [5, 5.41) is 13.0. The number of ether oxygens (including phenoxy) is 1. The number of hydrogen-bond acceptors (Lipinski definition) is 5. The van der Waals surface area contributed by atoms with E-state index in [0.717, 1.165) is 6.08 Å². The lowest BCUT2D eigenvalue weighted by molar-refractivity contribution is -0.0882. The Kier molecular flexibility index (Phi) is 5.81. The van der Waals surface area contributed by atoms with Gasteiger partial charge >= 0.3 is 6.18 Å². The summed E-state index contributed by atoms with van der Waals surface area (Å²) in [5.74, 6) is 0.266. The minimum atomic E-state index is -4.65. The van der Waals surface area contributed by atoms with Crippen molar-refractivity contribution in [3.05, 3.63) is 54.3 Å². The lowest BCUT2D eigenvalue weighted by Crippen LogP contribution is -2.11. The summed E-state index contributed by atoms with van der Waals surface area (Å²) in [4.78, 5) is 8.01. The van der Waals surface area contributed by atoms with Crippen LogP contribution in [0.3, 0.4) is 0 Å². The van der Waals surface area contributed by atoms with Crippen LogP contribution in [0.25, 0.3) is 10.9 Å². The molecule has 0 amide bonds. The van der Waals surface area contributed by atoms with Gasteiger partial charge in [-0.2, -0.15) is 13.2 Å². The SMILES string of the molecule is COc1cc2c(N/C(C)=C/C(=C\C=C\F)C(F)(F)F)ncnc2cc1O. The minimum Gasteiger partial charge on any atom is -0.504 e. The zero-order chi connectivity index (χ0) is 19.3. The maximum atomic E-state index is 13.0. The Morgan fingerprint density at radius 1 is 1.27 bits per heavy atom. The van der Waals surface area contributed by atoms with Gasteiger partial charge in [0, 0.05) is 17.1 Å². The molecule has 1 aromatic heterocycles. The molecule has 0 aliphatic heterocycles. The first-order valence-corrected chi connectivity index (χ1v) is 7.27. The number of phenols is 1. The lowest BCUT2D eigenvalue weighted by atomic mass is 10.2. The number of fused-ring (bicyclic) bond motifs is 1. The number of rotatable bonds is 5. The summed E-state index contributed by atoms with van der Waals surface area (Å²) in [6.07, 6.45) is -1.34. The molecule has 1 heterocycles. The highest BCUT2D eigenvalue weighted by Crippen LogP contribution is 2.33. The third-order valence-corrected chi connectivity index (χ3v) is 3.30. The van der Waals surface area contributed by atoms with Gasteiger partial charge in [0.1, 0.15) is 12.1 Å². The third kappa shape index (κ3) is 4.50. The van der Waals surface area contributed by atoms with E-state index in [1.54, 1.807) is 0 Å². The molecule has 2 N–H and O–H groups in total. The van der Waals surface area contributed by atoms with Crippen LogP contribution in [-0.4, -0.2) is 28.4 Å². The van der Waals surface area contributed by atoms with Gasteiger partial charge in [0.2, 0.25) is 0 Å². The molecule has 5 nitrogen and oxygen atoms in total. The van der Waals surface area contributed by atoms with Crippen molar-refractivity contribution in [3.8, 4) is 11.5 Å². The summed E-state index contributed by atoms with van der Waals surface area (Å²) < 4.78 is 56.0. The fraction of sp³-hybridized carbons (Fsp3) is 0.176. The van der Waals surface area contributed by atoms with Gasteiger partial charge in [-0.25, -0.2) is 14.4 Å². The maximum Gasteiger partial charge on any atom is 0.416 e. The number of benzene rings is 1. The first kappa shape index (κ1) is 19.2. The summed E-state index contributed by atoms with van der Waals surface area (Å²) >= 11 is 0. The van der Waals surface area contributed by atoms with Crippen LogP contribution in [0.2, 0.25) is 0 Å². The van der Waals surface area contributed by atoms with Gasteiger partial charge in [0.25, 0.3) is 0 Å². The Balaban J connectivity index is 2.43. The van der Waals surface area contributed by atoms with Gasteiger partial charge in [-0.1, -0.05) is 0 Å². The van der Waals surface area contributed by atoms with Crippen molar-refractivity contribution in [2.75, 3.05) is 12.4 Å². The van der Waals surface area contributed by atoms with Gasteiger partial charge in [-0.05, 0) is 31.2 Å². The highest BCUT2D eigenvalue weighted by molar-refractivity contribution is 5.92. The van der Waals surface area contributed by atoms with Crippen molar-refractivity contribution in [1.29, 1.82) is 0 Å². The summed E-state index contributed by atoms with van der Waals surface area (Å²) in [6.45, 7) is 1.41. The average Bonchev–Trinajstić information content (AvgIpc) is 2.57. The van der Waals surface area contributed by atoms with Crippen LogP contribution in [-0.2, 0) is 0 Å². The van der Waals surface area contributed by atoms with E-state index in [4.69, 9.17) is 4.74 Å². The molecule has 0 bridgehead atoms. The predicted octanol–water partition coefficient (Wildman–Crippen LogP) is 4.63. The zero-order valence-corrected chi connectivity index (χ0v) is 13.8. The van der Waals surface area contributed by atoms with Crippen molar-refractivity contribution >= 4 is 16.7 Å². The molecule has 2 rings (SSSR count). The second-order valence-electron chi connectivity index (χ2n) is 5.15. The van der Waals surface area contributed by atoms with E-state index < -0.39 is 11.7 Å². The number of hydrogen-bond donors (Lipinski definition) is 2. The molecule has 0 unspecified atom stereocenters. The molecule has 138 valence electrons. The first-order chi connectivity index (χ1) is 12.3. The molecule has 0 spiro atoms. The third-order valence-electron chi connectivity index (χ3n) is 3.30. The van der Waals surface area contributed by atoms with Gasteiger partial charge in [-0.3, -0.25) is 0 Å². The number of nitrogens with one attached hydrogen (secondary N) is 1. The molecule has 0 radical (unpaired) electrons. The largest absolute Gasteiger partial charge is 0.504 e. The second kappa shape index (κ2) is 7.85. The summed E-state index contributed by atoms with van der Waals surface area (Å²) in [6, 6.07) is 2.82. The van der Waals surface area contributed by atoms with E-state index in [9.17, 15) is 22.7 Å². The topological polar surface area (TPSA) is 67.3 Å². The first-order valence-electron chi connectivity index (χ1n) is 7.27. The molecule has 0 aliphatic rings. The predicted molar refractivity (Wildman–Crippen MR) is 89.5 cm³/mol. The molecule has 0 fully saturated rings. The Labute approximate surface area is 146 Å². The summed E-state index contributed by atoms with van der Waals surface area (Å²) in [7, 11) is 1.36. The number of anilines is 1. The average molecular weight is 369 g/mol. The van der Waals surface area contributed by atoms with Crippen LogP contribution in [0.1, 0.15) is 6.92 Å². The number of halogens is 4. The zero-order valence-electron chi connectivity index (χ0n) is 13.8. The molecule has 0 atom stereocenters. The lowest BCUT2D eigenvalue weighted by Gasteiger charge is -2.12. The Morgan fingerprint density at radius 3 is 2.62 bits per heavy atom. The molecule has 0 saturated heterocycles. The highest BCUT2D eigenvalue weighted by Gasteiger charge is 2.31. The molecule has 26 heavy (non-hydrogen) atoms. The molecule has 2 aromatic rings. The van der Waals surface area contributed by atoms with Crippen molar-refractivity contribution in [1.82, 2.24) is 9.97 Å². The van der Waals surface area contributed by atoms with Gasteiger partial charge in [-0.15, -0.1) is 0 Å². The molecule has 1 aromatic carbocycles. The monoisotopic (exact) mass is 369 g/mol. The van der Waals surface area contributed by atoms with Crippen molar-refractivity contribution in [2.45, 2.75) is 13.1 Å². The molecular weight excluding hydrogens is 354 g/mol.